The number of aldehydes is 1. The number of carbonyl (C=O) groups excluding carboxylic acids is 4. The van der Waals surface area contributed by atoms with Crippen molar-refractivity contribution in [2.75, 3.05) is 111 Å². The van der Waals surface area contributed by atoms with E-state index in [0.717, 1.165) is 49.8 Å². The van der Waals surface area contributed by atoms with E-state index in [9.17, 15) is 32.3 Å². The van der Waals surface area contributed by atoms with E-state index in [1.807, 2.05) is 44.4 Å². The number of hydrogen-bond acceptors (Lipinski definition) is 17. The first kappa shape index (κ1) is 60.6. The molecule has 4 aromatic rings. The SMILES string of the molecule is CC(C)N(C)C1CCC(N2CCC(Nc3ncnc4ccc(C(F)(F)F)cc34)C2=O)CC1.CN1C(=O)CCC1c1cccnc1.CNC.O=CNCCOCCOCCOCCOCCNc1ccc(C=O)nn1. The van der Waals surface area contributed by atoms with Gasteiger partial charge in [0, 0.05) is 69.0 Å². The maximum atomic E-state index is 13.2. The Balaban J connectivity index is 0.000000251. The van der Waals surface area contributed by atoms with E-state index in [-0.39, 0.29) is 35.1 Å². The molecule has 2 atom stereocenters. The lowest BCUT2D eigenvalue weighted by Gasteiger charge is -2.39. The van der Waals surface area contributed by atoms with Crippen LogP contribution in [0.3, 0.4) is 0 Å². The van der Waals surface area contributed by atoms with Gasteiger partial charge >= 0.3 is 6.18 Å². The van der Waals surface area contributed by atoms with Crippen molar-refractivity contribution in [3.05, 3.63) is 78.0 Å². The first-order valence-corrected chi connectivity index (χ1v) is 25.1. The highest BCUT2D eigenvalue weighted by Crippen LogP contribution is 2.34. The number of hydrogen-bond donors (Lipinski definition) is 4. The van der Waals surface area contributed by atoms with Crippen molar-refractivity contribution < 1.29 is 51.3 Å². The van der Waals surface area contributed by atoms with Crippen LogP contribution in [0.4, 0.5) is 24.8 Å². The molecule has 3 amide bonds. The van der Waals surface area contributed by atoms with Gasteiger partial charge in [-0.05, 0) is 115 Å². The highest BCUT2D eigenvalue weighted by Gasteiger charge is 2.39. The summed E-state index contributed by atoms with van der Waals surface area (Å²) in [6, 6.07) is 11.6. The molecule has 2 unspecified atom stereocenters. The molecule has 0 radical (unpaired) electrons. The number of anilines is 2. The highest BCUT2D eigenvalue weighted by molar-refractivity contribution is 5.93. The molecule has 2 saturated heterocycles. The number of amides is 3. The molecule has 1 aromatic carbocycles. The molecule has 3 fully saturated rings. The van der Waals surface area contributed by atoms with Gasteiger partial charge in [-0.2, -0.15) is 13.2 Å². The normalized spacial score (nSPS) is 18.5. The summed E-state index contributed by atoms with van der Waals surface area (Å²) < 4.78 is 60.8. The lowest BCUT2D eigenvalue weighted by Crippen LogP contribution is -2.46. The molecule has 3 aromatic heterocycles. The maximum Gasteiger partial charge on any atom is 0.416 e. The fourth-order valence-electron chi connectivity index (χ4n) is 8.38. The Bertz CT molecular complexity index is 2250. The summed E-state index contributed by atoms with van der Waals surface area (Å²) >= 11 is 0. The molecule has 20 nitrogen and oxygen atoms in total. The second kappa shape index (κ2) is 33.0. The van der Waals surface area contributed by atoms with Gasteiger partial charge in [-0.15, -0.1) is 10.2 Å². The largest absolute Gasteiger partial charge is 0.416 e. The zero-order valence-corrected chi connectivity index (χ0v) is 43.5. The number of benzene rings is 1. The first-order valence-electron chi connectivity index (χ1n) is 25.1. The van der Waals surface area contributed by atoms with Crippen LogP contribution in [0, 0.1) is 0 Å². The van der Waals surface area contributed by atoms with Gasteiger partial charge in [-0.25, -0.2) is 9.97 Å². The number of carbonyl (C=O) groups is 4. The van der Waals surface area contributed by atoms with Crippen molar-refractivity contribution in [3.8, 4) is 0 Å². The molecule has 4 N–H and O–H groups in total. The lowest BCUT2D eigenvalue weighted by atomic mass is 9.89. The fraction of sp³-hybridized carbons (Fsp3) is 0.588. The van der Waals surface area contributed by atoms with Gasteiger partial charge < -0.3 is 54.9 Å². The smallest absolute Gasteiger partial charge is 0.377 e. The van der Waals surface area contributed by atoms with E-state index in [2.05, 4.69) is 72.2 Å². The number of ether oxygens (including phenoxy) is 4. The van der Waals surface area contributed by atoms with Crippen LogP contribution in [-0.2, 0) is 39.5 Å². The van der Waals surface area contributed by atoms with E-state index in [4.69, 9.17) is 18.9 Å². The van der Waals surface area contributed by atoms with Crippen molar-refractivity contribution in [1.29, 1.82) is 0 Å². The van der Waals surface area contributed by atoms with Gasteiger partial charge in [0.25, 0.3) is 0 Å². The monoisotopic (exact) mass is 1040 g/mol. The van der Waals surface area contributed by atoms with Crippen LogP contribution < -0.4 is 21.3 Å². The van der Waals surface area contributed by atoms with Crippen LogP contribution in [0.1, 0.15) is 86.5 Å². The Morgan fingerprint density at radius 1 is 0.838 bits per heavy atom. The minimum Gasteiger partial charge on any atom is -0.377 e. The third-order valence-electron chi connectivity index (χ3n) is 12.5. The quantitative estimate of drug-likeness (QED) is 0.0533. The van der Waals surface area contributed by atoms with Crippen molar-refractivity contribution >= 4 is 47.0 Å². The summed E-state index contributed by atoms with van der Waals surface area (Å²) in [6.45, 7) is 10.1. The number of fused-ring (bicyclic) bond motifs is 1. The molecule has 23 heteroatoms. The van der Waals surface area contributed by atoms with Crippen LogP contribution >= 0.6 is 0 Å². The van der Waals surface area contributed by atoms with Crippen molar-refractivity contribution in [2.45, 2.75) is 95.2 Å². The average Bonchev–Trinajstić information content (AvgIpc) is 3.95. The summed E-state index contributed by atoms with van der Waals surface area (Å²) in [5.41, 5.74) is 1.08. The number of aromatic nitrogens is 5. The van der Waals surface area contributed by atoms with Gasteiger partial charge in [0.2, 0.25) is 18.2 Å². The maximum absolute atomic E-state index is 13.2. The lowest BCUT2D eigenvalue weighted by molar-refractivity contribution is -0.137. The number of alkyl halides is 3. The van der Waals surface area contributed by atoms with E-state index >= 15 is 0 Å². The Labute approximate surface area is 432 Å². The second-order valence-corrected chi connectivity index (χ2v) is 17.9. The zero-order chi connectivity index (χ0) is 53.7. The third-order valence-corrected chi connectivity index (χ3v) is 12.5. The number of nitrogens with zero attached hydrogens (tertiary/aromatic N) is 8. The molecule has 7 rings (SSSR count). The van der Waals surface area contributed by atoms with Gasteiger partial charge in [0.15, 0.2) is 6.29 Å². The molecule has 74 heavy (non-hydrogen) atoms. The van der Waals surface area contributed by atoms with E-state index in [1.54, 1.807) is 23.2 Å². The minimum atomic E-state index is -4.45. The van der Waals surface area contributed by atoms with Crippen LogP contribution in [0.2, 0.25) is 0 Å². The summed E-state index contributed by atoms with van der Waals surface area (Å²) in [5, 5.41) is 19.2. The van der Waals surface area contributed by atoms with Crippen molar-refractivity contribution in [3.63, 3.8) is 0 Å². The molecule has 1 saturated carbocycles. The zero-order valence-electron chi connectivity index (χ0n) is 43.5. The second-order valence-electron chi connectivity index (χ2n) is 17.9. The van der Waals surface area contributed by atoms with Crippen LogP contribution in [0.25, 0.3) is 10.9 Å². The Morgan fingerprint density at radius 3 is 2.05 bits per heavy atom. The van der Waals surface area contributed by atoms with E-state index in [1.165, 1.54) is 12.4 Å². The third kappa shape index (κ3) is 20.4. The Hall–Kier alpha value is -5.98. The van der Waals surface area contributed by atoms with Gasteiger partial charge in [0.05, 0.1) is 70.0 Å². The summed E-state index contributed by atoms with van der Waals surface area (Å²) in [6.07, 6.45) is 8.00. The van der Waals surface area contributed by atoms with E-state index in [0.29, 0.717) is 127 Å². The molecular formula is C51H75F3N12O8. The number of rotatable bonds is 24. The molecule has 1 aliphatic carbocycles. The van der Waals surface area contributed by atoms with Crippen molar-refractivity contribution in [2.24, 2.45) is 0 Å². The standard InChI is InChI=1S/C23H30F3N5O.C16H26N4O6.C10H12N2O.C2H7N/c1-14(2)30(3)16-5-7-17(8-6-16)31-11-10-20(22(31)32)29-21-18-12-15(23(24,25)26)4-9-19(18)27-13-28-21;21-13-15-1-2-16(20-19-15)18-4-6-24-8-10-26-12-11-25-9-7-23-5-3-17-14-22;1-12-9(4-5-10(12)13)8-3-2-6-11-7-8;1-3-2/h4,9,12-14,16-17,20H,5-8,10-11H2,1-3H3,(H,27,28,29);1-2,13-14H,3-12H2,(H,17,22)(H,18,20);2-3,6-7,9H,4-5H2,1H3;3H,1-2H3. The predicted octanol–water partition coefficient (Wildman–Crippen LogP) is 5.04. The summed E-state index contributed by atoms with van der Waals surface area (Å²) in [5.74, 6) is 1.10. The Kier molecular flexibility index (Phi) is 27.1. The minimum absolute atomic E-state index is 0.00408. The predicted molar refractivity (Wildman–Crippen MR) is 274 cm³/mol. The van der Waals surface area contributed by atoms with E-state index < -0.39 is 17.8 Å². The molecule has 3 aliphatic rings. The Morgan fingerprint density at radius 2 is 1.50 bits per heavy atom. The number of halogens is 3. The number of likely N-dealkylation sites (tertiary alicyclic amines) is 2. The van der Waals surface area contributed by atoms with Crippen LogP contribution in [0.15, 0.2) is 61.2 Å². The first-order chi connectivity index (χ1) is 35.7. The van der Waals surface area contributed by atoms with Crippen molar-refractivity contribution in [1.82, 2.24) is 50.5 Å². The summed E-state index contributed by atoms with van der Waals surface area (Å²) in [7, 11) is 7.76. The molecule has 408 valence electrons. The van der Waals surface area contributed by atoms with Gasteiger partial charge in [0.1, 0.15) is 29.7 Å². The fourth-order valence-corrected chi connectivity index (χ4v) is 8.38. The molecule has 0 bridgehead atoms. The van der Waals surface area contributed by atoms with Gasteiger partial charge in [-0.1, -0.05) is 6.07 Å². The van der Waals surface area contributed by atoms with Crippen LogP contribution in [0.5, 0.6) is 0 Å². The average molecular weight is 1040 g/mol. The van der Waals surface area contributed by atoms with Gasteiger partial charge in [-0.3, -0.25) is 24.2 Å². The number of pyridine rings is 1. The molecule has 0 spiro atoms. The molecule has 2 aliphatic heterocycles. The van der Waals surface area contributed by atoms with Crippen LogP contribution in [-0.4, -0.2) is 189 Å². The molecular weight excluding hydrogens is 966 g/mol. The molecule has 5 heterocycles. The summed E-state index contributed by atoms with van der Waals surface area (Å²) in [4.78, 5) is 63.2. The highest BCUT2D eigenvalue weighted by atomic mass is 19.4. The topological polar surface area (TPSA) is 227 Å². The number of nitrogens with one attached hydrogen (secondary N) is 4.